The predicted molar refractivity (Wildman–Crippen MR) is 131 cm³/mol. The van der Waals surface area contributed by atoms with E-state index in [0.29, 0.717) is 23.9 Å². The van der Waals surface area contributed by atoms with Crippen LogP contribution in [0.3, 0.4) is 0 Å². The van der Waals surface area contributed by atoms with Crippen LogP contribution >= 0.6 is 7.60 Å². The molecular formula is C25H34N3O5P. The van der Waals surface area contributed by atoms with Gasteiger partial charge in [-0.15, -0.1) is 0 Å². The topological polar surface area (TPSA) is 89.9 Å². The van der Waals surface area contributed by atoms with Crippen LogP contribution in [-0.2, 0) is 25.0 Å². The Bertz CT molecular complexity index is 1080. The average molecular weight is 488 g/mol. The first-order valence-electron chi connectivity index (χ1n) is 12.1. The summed E-state index contributed by atoms with van der Waals surface area (Å²) in [5, 5.41) is 2.93. The van der Waals surface area contributed by atoms with E-state index in [1.807, 2.05) is 47.0 Å². The van der Waals surface area contributed by atoms with E-state index in [1.165, 1.54) is 0 Å². The fourth-order valence-corrected chi connectivity index (χ4v) is 7.12. The number of nitrogens with zero attached hydrogens (tertiary/aromatic N) is 2. The second-order valence-electron chi connectivity index (χ2n) is 8.96. The van der Waals surface area contributed by atoms with Gasteiger partial charge in [-0.1, -0.05) is 36.4 Å². The molecule has 1 aromatic heterocycles. The van der Waals surface area contributed by atoms with Crippen LogP contribution in [0.4, 0.5) is 0 Å². The van der Waals surface area contributed by atoms with E-state index in [2.05, 4.69) is 10.2 Å². The van der Waals surface area contributed by atoms with Gasteiger partial charge in [0.2, 0.25) is 5.91 Å². The van der Waals surface area contributed by atoms with Crippen molar-refractivity contribution in [3.05, 3.63) is 70.1 Å². The van der Waals surface area contributed by atoms with Crippen molar-refractivity contribution in [2.24, 2.45) is 5.92 Å². The fraction of sp³-hybridized carbons (Fsp3) is 0.520. The van der Waals surface area contributed by atoms with Crippen molar-refractivity contribution in [1.82, 2.24) is 14.8 Å². The SMILES string of the molecule is CCOP(=O)(OCC)C(NC(=O)CCN1CC2CC(C1)c1cccc(=O)n1C2)c1ccccc1. The molecule has 8 nitrogen and oxygen atoms in total. The number of hydrogen-bond donors (Lipinski definition) is 1. The standard InChI is InChI=1S/C25H34N3O5P/c1-3-32-34(31,33-4-2)25(20-9-6-5-7-10-20)26-23(29)13-14-27-16-19-15-21(18-27)22-11-8-12-24(30)28(22)17-19/h5-12,19,21,25H,3-4,13-18H2,1-2H3,(H,26,29). The van der Waals surface area contributed by atoms with Crippen molar-refractivity contribution in [1.29, 1.82) is 0 Å². The maximum absolute atomic E-state index is 13.5. The molecule has 3 heterocycles. The molecule has 2 bridgehead atoms. The minimum atomic E-state index is -3.60. The fourth-order valence-electron chi connectivity index (χ4n) is 5.19. The van der Waals surface area contributed by atoms with Gasteiger partial charge in [0.15, 0.2) is 5.78 Å². The Kier molecular flexibility index (Phi) is 8.04. The average Bonchev–Trinajstić information content (AvgIpc) is 2.83. The molecule has 9 heteroatoms. The van der Waals surface area contributed by atoms with Gasteiger partial charge >= 0.3 is 7.60 Å². The van der Waals surface area contributed by atoms with Gasteiger partial charge in [-0.3, -0.25) is 14.2 Å². The van der Waals surface area contributed by atoms with Gasteiger partial charge in [-0.2, -0.15) is 0 Å². The van der Waals surface area contributed by atoms with Crippen LogP contribution in [0.25, 0.3) is 0 Å². The molecule has 3 unspecified atom stereocenters. The maximum Gasteiger partial charge on any atom is 0.357 e. The van der Waals surface area contributed by atoms with Crippen LogP contribution < -0.4 is 10.9 Å². The molecule has 0 radical (unpaired) electrons. The van der Waals surface area contributed by atoms with Crippen molar-refractivity contribution in [3.63, 3.8) is 0 Å². The number of fused-ring (bicyclic) bond motifs is 4. The van der Waals surface area contributed by atoms with E-state index < -0.39 is 13.4 Å². The van der Waals surface area contributed by atoms with Crippen LogP contribution in [0.1, 0.15) is 49.6 Å². The second kappa shape index (κ2) is 11.0. The summed E-state index contributed by atoms with van der Waals surface area (Å²) < 4.78 is 26.6. The number of carbonyl (C=O) groups excluding carboxylic acids is 1. The third kappa shape index (κ3) is 5.52. The van der Waals surface area contributed by atoms with Gasteiger partial charge < -0.3 is 23.8 Å². The highest BCUT2D eigenvalue weighted by molar-refractivity contribution is 7.54. The smallest absolute Gasteiger partial charge is 0.338 e. The van der Waals surface area contributed by atoms with E-state index in [0.717, 1.165) is 31.7 Å². The molecule has 0 saturated carbocycles. The summed E-state index contributed by atoms with van der Waals surface area (Å²) in [5.74, 6) is -0.346. The first-order valence-corrected chi connectivity index (χ1v) is 13.7. The molecule has 0 spiro atoms. The zero-order chi connectivity index (χ0) is 24.1. The maximum atomic E-state index is 13.5. The molecule has 1 N–H and O–H groups in total. The lowest BCUT2D eigenvalue weighted by Crippen LogP contribution is -2.47. The summed E-state index contributed by atoms with van der Waals surface area (Å²) in [6.07, 6.45) is 1.36. The molecule has 1 fully saturated rings. The number of rotatable bonds is 10. The highest BCUT2D eigenvalue weighted by Gasteiger charge is 2.38. The molecule has 2 aliphatic rings. The van der Waals surface area contributed by atoms with Crippen LogP contribution in [0.2, 0.25) is 0 Å². The third-order valence-electron chi connectivity index (χ3n) is 6.56. The first-order chi connectivity index (χ1) is 16.4. The lowest BCUT2D eigenvalue weighted by molar-refractivity contribution is -0.122. The zero-order valence-electron chi connectivity index (χ0n) is 19.9. The zero-order valence-corrected chi connectivity index (χ0v) is 20.8. The summed E-state index contributed by atoms with van der Waals surface area (Å²) >= 11 is 0. The minimum Gasteiger partial charge on any atom is -0.338 e. The Morgan fingerprint density at radius 3 is 2.50 bits per heavy atom. The number of carbonyl (C=O) groups is 1. The highest BCUT2D eigenvalue weighted by Crippen LogP contribution is 2.59. The summed E-state index contributed by atoms with van der Waals surface area (Å²) in [6, 6.07) is 14.7. The Balaban J connectivity index is 1.42. The number of hydrogen-bond acceptors (Lipinski definition) is 6. The number of nitrogens with one attached hydrogen (secondary N) is 1. The molecular weight excluding hydrogens is 453 g/mol. The molecule has 1 amide bonds. The monoisotopic (exact) mass is 487 g/mol. The Morgan fingerprint density at radius 2 is 1.79 bits per heavy atom. The predicted octanol–water partition coefficient (Wildman–Crippen LogP) is 3.74. The number of amides is 1. The van der Waals surface area contributed by atoms with E-state index in [9.17, 15) is 14.2 Å². The van der Waals surface area contributed by atoms with E-state index in [-0.39, 0.29) is 31.1 Å². The van der Waals surface area contributed by atoms with Crippen molar-refractivity contribution in [2.75, 3.05) is 32.8 Å². The van der Waals surface area contributed by atoms with Gasteiger partial charge in [0.05, 0.1) is 13.2 Å². The number of pyridine rings is 1. The van der Waals surface area contributed by atoms with Crippen molar-refractivity contribution < 1.29 is 18.4 Å². The lowest BCUT2D eigenvalue weighted by Gasteiger charge is -2.42. The van der Waals surface area contributed by atoms with Crippen LogP contribution in [0.15, 0.2) is 53.3 Å². The normalized spacial score (nSPS) is 21.0. The Hall–Kier alpha value is -2.25. The molecule has 1 aromatic carbocycles. The molecule has 0 aliphatic carbocycles. The van der Waals surface area contributed by atoms with Crippen LogP contribution in [-0.4, -0.2) is 48.2 Å². The molecule has 184 valence electrons. The molecule has 34 heavy (non-hydrogen) atoms. The largest absolute Gasteiger partial charge is 0.357 e. The number of benzene rings is 1. The molecule has 2 aliphatic heterocycles. The van der Waals surface area contributed by atoms with Gasteiger partial charge in [0, 0.05) is 50.3 Å². The Labute approximate surface area is 200 Å². The van der Waals surface area contributed by atoms with E-state index in [1.54, 1.807) is 19.9 Å². The lowest BCUT2D eigenvalue weighted by atomic mass is 9.83. The number of piperidine rings is 1. The van der Waals surface area contributed by atoms with Crippen LogP contribution in [0, 0.1) is 5.92 Å². The highest BCUT2D eigenvalue weighted by atomic mass is 31.2. The number of likely N-dealkylation sites (tertiary alicyclic amines) is 1. The second-order valence-corrected chi connectivity index (χ2v) is 11.1. The van der Waals surface area contributed by atoms with Crippen molar-refractivity contribution in [3.8, 4) is 0 Å². The van der Waals surface area contributed by atoms with Gasteiger partial charge in [0.25, 0.3) is 5.56 Å². The summed E-state index contributed by atoms with van der Waals surface area (Å²) in [5.41, 5.74) is 1.85. The molecule has 1 saturated heterocycles. The van der Waals surface area contributed by atoms with Crippen LogP contribution in [0.5, 0.6) is 0 Å². The van der Waals surface area contributed by atoms with Gasteiger partial charge in [0.1, 0.15) is 0 Å². The van der Waals surface area contributed by atoms with E-state index >= 15 is 0 Å². The third-order valence-corrected chi connectivity index (χ3v) is 8.85. The summed E-state index contributed by atoms with van der Waals surface area (Å²) in [4.78, 5) is 27.5. The van der Waals surface area contributed by atoms with Gasteiger partial charge in [-0.25, -0.2) is 0 Å². The van der Waals surface area contributed by atoms with Gasteiger partial charge in [-0.05, 0) is 37.8 Å². The summed E-state index contributed by atoms with van der Waals surface area (Å²) in [6.45, 7) is 6.98. The summed E-state index contributed by atoms with van der Waals surface area (Å²) in [7, 11) is -3.60. The van der Waals surface area contributed by atoms with Crippen molar-refractivity contribution >= 4 is 13.5 Å². The first kappa shape index (κ1) is 24.9. The molecule has 2 aromatic rings. The van der Waals surface area contributed by atoms with Crippen molar-refractivity contribution in [2.45, 2.75) is 44.9 Å². The molecule has 3 atom stereocenters. The Morgan fingerprint density at radius 1 is 1.06 bits per heavy atom. The molecule has 4 rings (SSSR count). The quantitative estimate of drug-likeness (QED) is 0.514. The van der Waals surface area contributed by atoms with E-state index in [4.69, 9.17) is 9.05 Å². The minimum absolute atomic E-state index is 0.0695. The number of aromatic nitrogens is 1.